The number of anilines is 1. The number of rotatable bonds is 10. The predicted octanol–water partition coefficient (Wildman–Crippen LogP) is 7.02. The van der Waals surface area contributed by atoms with Crippen molar-refractivity contribution < 1.29 is 18.0 Å². The van der Waals surface area contributed by atoms with Gasteiger partial charge in [-0.05, 0) is 80.3 Å². The van der Waals surface area contributed by atoms with E-state index < -0.39 is 28.5 Å². The third kappa shape index (κ3) is 7.78. The summed E-state index contributed by atoms with van der Waals surface area (Å²) < 4.78 is 29.0. The maximum absolute atomic E-state index is 14.1. The Bertz CT molecular complexity index is 1530. The molecular formula is C31H34Cl3N3O4S. The summed E-state index contributed by atoms with van der Waals surface area (Å²) in [7, 11) is -4.19. The van der Waals surface area contributed by atoms with Crippen LogP contribution in [0.25, 0.3) is 0 Å². The Morgan fingerprint density at radius 2 is 1.57 bits per heavy atom. The number of hydrogen-bond donors (Lipinski definition) is 1. The third-order valence-electron chi connectivity index (χ3n) is 7.54. The minimum atomic E-state index is -4.19. The van der Waals surface area contributed by atoms with Gasteiger partial charge < -0.3 is 10.2 Å². The highest BCUT2D eigenvalue weighted by atomic mass is 35.5. The maximum Gasteiger partial charge on any atom is 0.264 e. The van der Waals surface area contributed by atoms with Crippen LogP contribution in [0.15, 0.2) is 71.6 Å². The number of sulfonamides is 1. The molecule has 1 saturated carbocycles. The summed E-state index contributed by atoms with van der Waals surface area (Å²) in [5, 5.41) is 4.25. The zero-order valence-corrected chi connectivity index (χ0v) is 26.6. The molecular weight excluding hydrogens is 617 g/mol. The zero-order chi connectivity index (χ0) is 30.4. The lowest BCUT2D eigenvalue weighted by Gasteiger charge is -2.33. The van der Waals surface area contributed by atoms with Gasteiger partial charge >= 0.3 is 0 Å². The first-order chi connectivity index (χ1) is 20.0. The second-order valence-corrected chi connectivity index (χ2v) is 13.7. The second-order valence-electron chi connectivity index (χ2n) is 10.5. The van der Waals surface area contributed by atoms with Crippen molar-refractivity contribution in [2.24, 2.45) is 0 Å². The average Bonchev–Trinajstić information content (AvgIpc) is 2.96. The number of aryl methyl sites for hydroxylation is 1. The van der Waals surface area contributed by atoms with Crippen molar-refractivity contribution in [3.8, 4) is 0 Å². The smallest absolute Gasteiger partial charge is 0.264 e. The van der Waals surface area contributed by atoms with Crippen molar-refractivity contribution in [2.75, 3.05) is 10.8 Å². The van der Waals surface area contributed by atoms with E-state index in [9.17, 15) is 18.0 Å². The zero-order valence-electron chi connectivity index (χ0n) is 23.5. The van der Waals surface area contributed by atoms with Crippen molar-refractivity contribution in [3.63, 3.8) is 0 Å². The van der Waals surface area contributed by atoms with E-state index >= 15 is 0 Å². The highest BCUT2D eigenvalue weighted by Crippen LogP contribution is 2.29. The Labute approximate surface area is 262 Å². The quantitative estimate of drug-likeness (QED) is 0.256. The normalized spacial score (nSPS) is 14.7. The summed E-state index contributed by atoms with van der Waals surface area (Å²) in [4.78, 5) is 28.9. The predicted molar refractivity (Wildman–Crippen MR) is 169 cm³/mol. The number of nitrogens with one attached hydrogen (secondary N) is 1. The summed E-state index contributed by atoms with van der Waals surface area (Å²) >= 11 is 18.6. The SMILES string of the molecule is Cc1ccccc1N(CC(=O)N(Cc1ccc(Cl)cc1Cl)C(C)C(=O)NC1CCCCC1)S(=O)(=O)c1ccc(Cl)cc1. The fraction of sp³-hybridized carbons (Fsp3) is 0.355. The van der Waals surface area contributed by atoms with Crippen LogP contribution < -0.4 is 9.62 Å². The summed E-state index contributed by atoms with van der Waals surface area (Å²) in [6.07, 6.45) is 4.98. The minimum absolute atomic E-state index is 0.0154. The molecule has 3 aromatic carbocycles. The number of carbonyl (C=O) groups excluding carboxylic acids is 2. The lowest BCUT2D eigenvalue weighted by Crippen LogP contribution is -2.53. The van der Waals surface area contributed by atoms with Crippen molar-refractivity contribution >= 4 is 62.3 Å². The molecule has 0 aliphatic heterocycles. The molecule has 0 bridgehead atoms. The van der Waals surface area contributed by atoms with Gasteiger partial charge in [0.05, 0.1) is 10.6 Å². The Morgan fingerprint density at radius 1 is 0.929 bits per heavy atom. The highest BCUT2D eigenvalue weighted by molar-refractivity contribution is 7.92. The number of hydrogen-bond acceptors (Lipinski definition) is 4. The fourth-order valence-corrected chi connectivity index (χ4v) is 7.15. The van der Waals surface area contributed by atoms with Crippen LogP contribution in [0.5, 0.6) is 0 Å². The van der Waals surface area contributed by atoms with Crippen LogP contribution in [0.1, 0.15) is 50.2 Å². The van der Waals surface area contributed by atoms with Crippen LogP contribution in [0, 0.1) is 6.92 Å². The van der Waals surface area contributed by atoms with E-state index in [2.05, 4.69) is 5.32 Å². The van der Waals surface area contributed by atoms with Gasteiger partial charge in [0.1, 0.15) is 12.6 Å². The van der Waals surface area contributed by atoms with Crippen LogP contribution in [0.2, 0.25) is 15.1 Å². The van der Waals surface area contributed by atoms with Gasteiger partial charge in [0.25, 0.3) is 10.0 Å². The van der Waals surface area contributed by atoms with E-state index in [0.717, 1.165) is 36.4 Å². The number of carbonyl (C=O) groups is 2. The molecule has 1 N–H and O–H groups in total. The van der Waals surface area contributed by atoms with Gasteiger partial charge in [0.15, 0.2) is 0 Å². The van der Waals surface area contributed by atoms with Crippen molar-refractivity contribution in [2.45, 2.75) is 69.5 Å². The second kappa shape index (κ2) is 14.1. The molecule has 0 aromatic heterocycles. The van der Waals surface area contributed by atoms with E-state index in [1.54, 1.807) is 56.3 Å². The molecule has 3 aromatic rings. The molecule has 1 atom stereocenters. The first-order valence-corrected chi connectivity index (χ1v) is 16.4. The maximum atomic E-state index is 14.1. The molecule has 7 nitrogen and oxygen atoms in total. The van der Waals surface area contributed by atoms with E-state index in [4.69, 9.17) is 34.8 Å². The third-order valence-corrected chi connectivity index (χ3v) is 10.2. The number of nitrogens with zero attached hydrogens (tertiary/aromatic N) is 2. The van der Waals surface area contributed by atoms with E-state index in [0.29, 0.717) is 31.9 Å². The molecule has 1 unspecified atom stereocenters. The Morgan fingerprint density at radius 3 is 2.21 bits per heavy atom. The molecule has 1 aliphatic carbocycles. The molecule has 0 radical (unpaired) electrons. The Hall–Kier alpha value is -2.78. The minimum Gasteiger partial charge on any atom is -0.352 e. The first kappa shape index (κ1) is 32.1. The van der Waals surface area contributed by atoms with Crippen LogP contribution in [0.3, 0.4) is 0 Å². The van der Waals surface area contributed by atoms with Gasteiger partial charge in [-0.2, -0.15) is 0 Å². The summed E-state index contributed by atoms with van der Waals surface area (Å²) in [6.45, 7) is 2.86. The molecule has 0 heterocycles. The van der Waals surface area contributed by atoms with Crippen LogP contribution >= 0.6 is 34.8 Å². The van der Waals surface area contributed by atoms with Crippen molar-refractivity contribution in [3.05, 3.63) is 92.9 Å². The van der Waals surface area contributed by atoms with Gasteiger partial charge in [-0.15, -0.1) is 0 Å². The number of halogens is 3. The van der Waals surface area contributed by atoms with Gasteiger partial charge in [-0.3, -0.25) is 13.9 Å². The van der Waals surface area contributed by atoms with E-state index in [-0.39, 0.29) is 23.4 Å². The van der Waals surface area contributed by atoms with Gasteiger partial charge in [0, 0.05) is 27.7 Å². The number of para-hydroxylation sites is 1. The average molecular weight is 651 g/mol. The topological polar surface area (TPSA) is 86.8 Å². The molecule has 224 valence electrons. The fourth-order valence-electron chi connectivity index (χ4n) is 5.08. The van der Waals surface area contributed by atoms with Crippen LogP contribution in [-0.2, 0) is 26.2 Å². The lowest BCUT2D eigenvalue weighted by molar-refractivity contribution is -0.139. The summed E-state index contributed by atoms with van der Waals surface area (Å²) in [6, 6.07) is 16.8. The largest absolute Gasteiger partial charge is 0.352 e. The Balaban J connectivity index is 1.70. The van der Waals surface area contributed by atoms with E-state index in [1.165, 1.54) is 29.2 Å². The standard InChI is InChI=1S/C31H34Cl3N3O4S/c1-21-8-6-7-11-29(21)37(42(40,41)27-16-14-24(32)15-17-27)20-30(38)36(19-23-12-13-25(33)18-28(23)34)22(2)31(39)35-26-9-4-3-5-10-26/h6-8,11-18,22,26H,3-5,9-10,19-20H2,1-2H3,(H,35,39). The van der Waals surface area contributed by atoms with Gasteiger partial charge in [0.2, 0.25) is 11.8 Å². The van der Waals surface area contributed by atoms with Gasteiger partial charge in [-0.1, -0.05) is 78.3 Å². The molecule has 2 amide bonds. The van der Waals surface area contributed by atoms with Gasteiger partial charge in [-0.25, -0.2) is 8.42 Å². The van der Waals surface area contributed by atoms with E-state index in [1.807, 2.05) is 0 Å². The molecule has 0 spiro atoms. The van der Waals surface area contributed by atoms with Crippen LogP contribution in [-0.4, -0.2) is 43.8 Å². The monoisotopic (exact) mass is 649 g/mol. The molecule has 42 heavy (non-hydrogen) atoms. The molecule has 1 fully saturated rings. The lowest BCUT2D eigenvalue weighted by atomic mass is 9.95. The molecule has 1 aliphatic rings. The summed E-state index contributed by atoms with van der Waals surface area (Å²) in [5.74, 6) is -0.864. The molecule has 4 rings (SSSR count). The summed E-state index contributed by atoms with van der Waals surface area (Å²) in [5.41, 5.74) is 1.59. The van der Waals surface area contributed by atoms with Crippen LogP contribution in [0.4, 0.5) is 5.69 Å². The molecule has 0 saturated heterocycles. The molecule has 11 heteroatoms. The first-order valence-electron chi connectivity index (χ1n) is 13.8. The van der Waals surface area contributed by atoms with Crippen molar-refractivity contribution in [1.29, 1.82) is 0 Å². The Kier molecular flexibility index (Phi) is 10.8. The highest BCUT2D eigenvalue weighted by Gasteiger charge is 2.34. The number of benzene rings is 3. The number of amides is 2. The van der Waals surface area contributed by atoms with Crippen molar-refractivity contribution in [1.82, 2.24) is 10.2 Å².